The first-order valence-corrected chi connectivity index (χ1v) is 12.3. The Labute approximate surface area is 206 Å². The number of alkyl carbamates (subject to hydrolysis) is 1. The molecule has 0 saturated heterocycles. The number of halogens is 1. The fourth-order valence-corrected chi connectivity index (χ4v) is 5.55. The van der Waals surface area contributed by atoms with Crippen LogP contribution >= 0.6 is 0 Å². The molecule has 5 atom stereocenters. The Morgan fingerprint density at radius 1 is 1.14 bits per heavy atom. The largest absolute Gasteiger partial charge is 0.444 e. The molecule has 2 aliphatic carbocycles. The Morgan fingerprint density at radius 2 is 1.97 bits per heavy atom. The van der Waals surface area contributed by atoms with Crippen LogP contribution < -0.4 is 10.6 Å². The van der Waals surface area contributed by atoms with Crippen LogP contribution in [-0.4, -0.2) is 35.2 Å². The number of nitrogens with one attached hydrogen (secondary N) is 2. The number of nitrogens with zero attached hydrogens (tertiary/aromatic N) is 1. The lowest BCUT2D eigenvalue weighted by Gasteiger charge is -2.34. The number of aromatic nitrogens is 1. The molecule has 4 rings (SSSR count). The van der Waals surface area contributed by atoms with Crippen LogP contribution in [-0.2, 0) is 9.53 Å². The van der Waals surface area contributed by atoms with E-state index in [1.165, 1.54) is 12.1 Å². The van der Waals surface area contributed by atoms with Gasteiger partial charge in [-0.3, -0.25) is 9.78 Å². The van der Waals surface area contributed by atoms with E-state index in [-0.39, 0.29) is 29.9 Å². The number of hydrogen-bond donors (Lipinski definition) is 2. The maximum Gasteiger partial charge on any atom is 0.407 e. The number of benzene rings is 1. The van der Waals surface area contributed by atoms with Crippen LogP contribution in [0.5, 0.6) is 0 Å². The average molecular weight is 480 g/mol. The maximum absolute atomic E-state index is 13.5. The average Bonchev–Trinajstić information content (AvgIpc) is 3.13. The summed E-state index contributed by atoms with van der Waals surface area (Å²) in [6.07, 6.45) is 9.97. The summed E-state index contributed by atoms with van der Waals surface area (Å²) in [5.74, 6) is 0.787. The third kappa shape index (κ3) is 6.47. The van der Waals surface area contributed by atoms with Crippen LogP contribution in [0, 0.1) is 23.6 Å². The fourth-order valence-electron chi connectivity index (χ4n) is 5.55. The molecule has 1 aromatic carbocycles. The number of carbonyl (C=O) groups is 2. The molecular formula is C28H34FN3O3. The monoisotopic (exact) mass is 479 g/mol. The zero-order valence-corrected chi connectivity index (χ0v) is 20.5. The lowest BCUT2D eigenvalue weighted by Crippen LogP contribution is -2.42. The van der Waals surface area contributed by atoms with E-state index in [0.717, 1.165) is 48.9 Å². The number of carbonyl (C=O) groups excluding carboxylic acids is 2. The van der Waals surface area contributed by atoms with Crippen LogP contribution in [0.4, 0.5) is 9.18 Å². The first-order valence-electron chi connectivity index (χ1n) is 12.3. The molecule has 2 aromatic rings. The Balaban J connectivity index is 1.41. The van der Waals surface area contributed by atoms with Crippen molar-refractivity contribution in [1.82, 2.24) is 15.6 Å². The molecule has 2 N–H and O–H groups in total. The number of fused-ring (bicyclic) bond motifs is 1. The van der Waals surface area contributed by atoms with Gasteiger partial charge in [0.25, 0.3) is 0 Å². The Morgan fingerprint density at radius 3 is 2.66 bits per heavy atom. The Hall–Kier alpha value is -3.22. The molecule has 1 heterocycles. The third-order valence-electron chi connectivity index (χ3n) is 6.99. The predicted octanol–water partition coefficient (Wildman–Crippen LogP) is 5.35. The van der Waals surface area contributed by atoms with Crippen LogP contribution in [0.2, 0.25) is 0 Å². The maximum atomic E-state index is 13.5. The van der Waals surface area contributed by atoms with Crippen LogP contribution in [0.1, 0.15) is 52.1 Å². The highest BCUT2D eigenvalue weighted by molar-refractivity contribution is 5.68. The van der Waals surface area contributed by atoms with Crippen molar-refractivity contribution in [1.29, 1.82) is 0 Å². The lowest BCUT2D eigenvalue weighted by molar-refractivity contribution is -0.110. The molecule has 7 heteroatoms. The van der Waals surface area contributed by atoms with Crippen molar-refractivity contribution < 1.29 is 18.7 Å². The van der Waals surface area contributed by atoms with E-state index in [9.17, 15) is 14.0 Å². The quantitative estimate of drug-likeness (QED) is 0.548. The van der Waals surface area contributed by atoms with Crippen molar-refractivity contribution in [3.63, 3.8) is 0 Å². The lowest BCUT2D eigenvalue weighted by atomic mass is 9.75. The van der Waals surface area contributed by atoms with Gasteiger partial charge in [-0.1, -0.05) is 24.3 Å². The third-order valence-corrected chi connectivity index (χ3v) is 6.99. The molecule has 0 radical (unpaired) electrons. The van der Waals surface area contributed by atoms with Crippen molar-refractivity contribution in [2.45, 2.75) is 64.1 Å². The van der Waals surface area contributed by atoms with Crippen molar-refractivity contribution in [3.05, 3.63) is 60.2 Å². The second-order valence-electron chi connectivity index (χ2n) is 10.6. The van der Waals surface area contributed by atoms with Gasteiger partial charge in [-0.05, 0) is 88.1 Å². The van der Waals surface area contributed by atoms with Crippen LogP contribution in [0.15, 0.2) is 48.7 Å². The minimum Gasteiger partial charge on any atom is -0.444 e. The van der Waals surface area contributed by atoms with Gasteiger partial charge in [-0.2, -0.15) is 0 Å². The topological polar surface area (TPSA) is 80.3 Å². The van der Waals surface area contributed by atoms with Gasteiger partial charge in [-0.25, -0.2) is 9.18 Å². The molecule has 2 saturated carbocycles. The summed E-state index contributed by atoms with van der Waals surface area (Å²) < 4.78 is 18.9. The highest BCUT2D eigenvalue weighted by Crippen LogP contribution is 2.46. The molecule has 0 spiro atoms. The molecular weight excluding hydrogens is 445 g/mol. The molecule has 1 unspecified atom stereocenters. The normalized spacial score (nSPS) is 26.2. The van der Waals surface area contributed by atoms with E-state index in [0.29, 0.717) is 11.8 Å². The summed E-state index contributed by atoms with van der Waals surface area (Å²) in [6.45, 7) is 5.57. The highest BCUT2D eigenvalue weighted by atomic mass is 19.1. The molecule has 35 heavy (non-hydrogen) atoms. The van der Waals surface area contributed by atoms with Gasteiger partial charge in [0.05, 0.1) is 5.69 Å². The smallest absolute Gasteiger partial charge is 0.407 e. The van der Waals surface area contributed by atoms with E-state index in [4.69, 9.17) is 4.74 Å². The first kappa shape index (κ1) is 24.9. The summed E-state index contributed by atoms with van der Waals surface area (Å²) in [7, 11) is 0. The summed E-state index contributed by atoms with van der Waals surface area (Å²) in [4.78, 5) is 28.0. The molecule has 2 amide bonds. The number of rotatable bonds is 6. The molecule has 186 valence electrons. The zero-order chi connectivity index (χ0) is 25.0. The molecule has 2 fully saturated rings. The zero-order valence-electron chi connectivity index (χ0n) is 20.5. The predicted molar refractivity (Wildman–Crippen MR) is 134 cm³/mol. The number of ether oxygens (including phenoxy) is 1. The highest BCUT2D eigenvalue weighted by Gasteiger charge is 2.45. The molecule has 1 aromatic heterocycles. The van der Waals surface area contributed by atoms with Crippen molar-refractivity contribution in [2.75, 3.05) is 0 Å². The van der Waals surface area contributed by atoms with E-state index in [1.54, 1.807) is 12.3 Å². The molecule has 6 nitrogen and oxygen atoms in total. The van der Waals surface area contributed by atoms with Gasteiger partial charge in [0.2, 0.25) is 6.41 Å². The van der Waals surface area contributed by atoms with E-state index in [2.05, 4.69) is 21.7 Å². The van der Waals surface area contributed by atoms with E-state index in [1.807, 2.05) is 45.0 Å². The summed E-state index contributed by atoms with van der Waals surface area (Å²) in [5, 5.41) is 6.04. The summed E-state index contributed by atoms with van der Waals surface area (Å²) in [6, 6.07) is 10.5. The van der Waals surface area contributed by atoms with Gasteiger partial charge in [-0.15, -0.1) is 0 Å². The number of hydrogen-bond acceptors (Lipinski definition) is 4. The van der Waals surface area contributed by atoms with Crippen molar-refractivity contribution >= 4 is 18.6 Å². The standard InChI is InChI=1S/C28H34FN3O3/c1-28(2,3)35-27(34)32-23-10-11-24-20(14-23)15-26(31-17-33)25(24)12-9-22-8-7-19(16-30-22)18-5-4-6-21(29)13-18/h4-9,12-13,16-17,20,23-26H,10-11,14-15H2,1-3H3,(H,31,33)(H,32,34)/b12-9+/t20-,23?,24-,25+,26+/m1/s1. The van der Waals surface area contributed by atoms with Crippen LogP contribution in [0.3, 0.4) is 0 Å². The van der Waals surface area contributed by atoms with Crippen molar-refractivity contribution in [2.24, 2.45) is 17.8 Å². The van der Waals surface area contributed by atoms with E-state index >= 15 is 0 Å². The number of pyridine rings is 1. The molecule has 2 aliphatic rings. The van der Waals surface area contributed by atoms with Crippen LogP contribution in [0.25, 0.3) is 17.2 Å². The summed E-state index contributed by atoms with van der Waals surface area (Å²) in [5.41, 5.74) is 1.95. The molecule has 0 aliphatic heterocycles. The minimum atomic E-state index is -0.521. The van der Waals surface area contributed by atoms with Gasteiger partial charge >= 0.3 is 6.09 Å². The SMILES string of the molecule is CC(C)(C)OC(=O)NC1CC[C@@H]2[C@H](C1)C[C@H](NC=O)[C@H]2/C=C/c1ccc(-c2cccc(F)c2)cn1. The summed E-state index contributed by atoms with van der Waals surface area (Å²) >= 11 is 0. The number of amides is 2. The Bertz CT molecular complexity index is 1060. The second-order valence-corrected chi connectivity index (χ2v) is 10.6. The van der Waals surface area contributed by atoms with Gasteiger partial charge in [0.1, 0.15) is 11.4 Å². The van der Waals surface area contributed by atoms with Crippen molar-refractivity contribution in [3.8, 4) is 11.1 Å². The minimum absolute atomic E-state index is 0.0607. The fraction of sp³-hybridized carbons (Fsp3) is 0.464. The van der Waals surface area contributed by atoms with E-state index < -0.39 is 5.60 Å². The second kappa shape index (κ2) is 10.6. The molecule has 0 bridgehead atoms. The van der Waals surface area contributed by atoms with Gasteiger partial charge in [0, 0.05) is 29.8 Å². The Kier molecular flexibility index (Phi) is 7.53. The van der Waals surface area contributed by atoms with Gasteiger partial charge < -0.3 is 15.4 Å². The van der Waals surface area contributed by atoms with Gasteiger partial charge in [0.15, 0.2) is 0 Å². The first-order chi connectivity index (χ1) is 16.7.